The third kappa shape index (κ3) is 3.45. The van der Waals surface area contributed by atoms with Crippen LogP contribution in [0.3, 0.4) is 0 Å². The number of sulfone groups is 1. The highest BCUT2D eigenvalue weighted by Crippen LogP contribution is 2.21. The first-order valence-corrected chi connectivity index (χ1v) is 8.32. The first-order valence-electron chi connectivity index (χ1n) is 5.88. The average Bonchev–Trinajstić information content (AvgIpc) is 2.41. The van der Waals surface area contributed by atoms with Crippen LogP contribution in [-0.4, -0.2) is 8.42 Å². The second-order valence-electron chi connectivity index (χ2n) is 4.34. The normalized spacial score (nSPS) is 11.6. The van der Waals surface area contributed by atoms with E-state index in [1.165, 1.54) is 24.3 Å². The summed E-state index contributed by atoms with van der Waals surface area (Å²) in [6.07, 6.45) is 0. The molecule has 106 valence electrons. The van der Waals surface area contributed by atoms with Crippen LogP contribution in [-0.2, 0) is 22.1 Å². The van der Waals surface area contributed by atoms with Gasteiger partial charge in [-0.2, -0.15) is 0 Å². The lowest BCUT2D eigenvalue weighted by Gasteiger charge is -2.07. The lowest BCUT2D eigenvalue weighted by atomic mass is 10.1. The molecule has 0 aromatic heterocycles. The molecule has 2 N–H and O–H groups in total. The van der Waals surface area contributed by atoms with Crippen LogP contribution < -0.4 is 5.73 Å². The lowest BCUT2D eigenvalue weighted by molar-refractivity contribution is 0.586. The molecule has 2 aromatic carbocycles. The van der Waals surface area contributed by atoms with Crippen molar-refractivity contribution in [1.29, 1.82) is 0 Å². The van der Waals surface area contributed by atoms with Gasteiger partial charge in [0.1, 0.15) is 5.82 Å². The summed E-state index contributed by atoms with van der Waals surface area (Å²) in [6.45, 7) is 0.242. The van der Waals surface area contributed by atoms with Crippen molar-refractivity contribution in [2.75, 3.05) is 0 Å². The summed E-state index contributed by atoms with van der Waals surface area (Å²) >= 11 is 3.24. The van der Waals surface area contributed by atoms with E-state index < -0.39 is 15.7 Å². The second kappa shape index (κ2) is 6.03. The van der Waals surface area contributed by atoms with Crippen LogP contribution in [0.4, 0.5) is 4.39 Å². The van der Waals surface area contributed by atoms with Gasteiger partial charge in [-0.3, -0.25) is 0 Å². The maximum Gasteiger partial charge on any atom is 0.182 e. The Hall–Kier alpha value is -1.24. The van der Waals surface area contributed by atoms with E-state index in [1.54, 1.807) is 18.2 Å². The highest BCUT2D eigenvalue weighted by atomic mass is 79.9. The van der Waals surface area contributed by atoms with Crippen molar-refractivity contribution >= 4 is 25.8 Å². The molecule has 0 atom stereocenters. The molecule has 0 bridgehead atoms. The fraction of sp³-hybridized carbons (Fsp3) is 0.143. The van der Waals surface area contributed by atoms with Crippen molar-refractivity contribution in [2.45, 2.75) is 17.2 Å². The minimum atomic E-state index is -3.58. The molecule has 0 aliphatic carbocycles. The van der Waals surface area contributed by atoms with Crippen molar-refractivity contribution in [2.24, 2.45) is 5.73 Å². The minimum absolute atomic E-state index is 0.135. The second-order valence-corrected chi connectivity index (χ2v) is 7.25. The maximum absolute atomic E-state index is 13.7. The SMILES string of the molecule is NCc1ccc(F)c(CS(=O)(=O)c2ccc(Br)cc2)c1. The van der Waals surface area contributed by atoms with Gasteiger partial charge < -0.3 is 5.73 Å². The zero-order valence-corrected chi connectivity index (χ0v) is 12.9. The molecule has 20 heavy (non-hydrogen) atoms. The van der Waals surface area contributed by atoms with Crippen molar-refractivity contribution in [3.63, 3.8) is 0 Å². The highest BCUT2D eigenvalue weighted by Gasteiger charge is 2.17. The molecule has 0 radical (unpaired) electrons. The van der Waals surface area contributed by atoms with Crippen molar-refractivity contribution in [3.8, 4) is 0 Å². The van der Waals surface area contributed by atoms with Crippen molar-refractivity contribution in [1.82, 2.24) is 0 Å². The number of benzene rings is 2. The molecule has 0 unspecified atom stereocenters. The van der Waals surface area contributed by atoms with E-state index in [0.29, 0.717) is 5.56 Å². The van der Waals surface area contributed by atoms with Crippen LogP contribution in [0.1, 0.15) is 11.1 Å². The Morgan fingerprint density at radius 2 is 1.75 bits per heavy atom. The summed E-state index contributed by atoms with van der Waals surface area (Å²) in [6, 6.07) is 10.5. The predicted octanol–water partition coefficient (Wildman–Crippen LogP) is 3.02. The molecular formula is C14H13BrFNO2S. The molecule has 0 saturated carbocycles. The Bertz CT molecular complexity index is 714. The summed E-state index contributed by atoms with van der Waals surface area (Å²) in [5.74, 6) is -0.920. The van der Waals surface area contributed by atoms with Crippen LogP contribution in [0.5, 0.6) is 0 Å². The molecule has 0 aliphatic heterocycles. The highest BCUT2D eigenvalue weighted by molar-refractivity contribution is 9.10. The van der Waals surface area contributed by atoms with E-state index >= 15 is 0 Å². The van der Waals surface area contributed by atoms with Gasteiger partial charge in [-0.1, -0.05) is 28.1 Å². The fourth-order valence-electron chi connectivity index (χ4n) is 1.80. The lowest BCUT2D eigenvalue weighted by Crippen LogP contribution is -2.07. The largest absolute Gasteiger partial charge is 0.326 e. The summed E-state index contributed by atoms with van der Waals surface area (Å²) in [7, 11) is -3.58. The van der Waals surface area contributed by atoms with E-state index in [1.807, 2.05) is 0 Å². The third-order valence-electron chi connectivity index (χ3n) is 2.86. The van der Waals surface area contributed by atoms with Crippen LogP contribution in [0, 0.1) is 5.82 Å². The third-order valence-corrected chi connectivity index (χ3v) is 5.07. The molecule has 2 rings (SSSR count). The zero-order valence-electron chi connectivity index (χ0n) is 10.5. The molecule has 2 aromatic rings. The van der Waals surface area contributed by atoms with Gasteiger partial charge in [0.15, 0.2) is 9.84 Å². The predicted molar refractivity (Wildman–Crippen MR) is 79.3 cm³/mol. The quantitative estimate of drug-likeness (QED) is 0.914. The van der Waals surface area contributed by atoms with Gasteiger partial charge in [-0.25, -0.2) is 12.8 Å². The standard InChI is InChI=1S/C14H13BrFNO2S/c15-12-2-4-13(5-3-12)20(18,19)9-11-7-10(8-17)1-6-14(11)16/h1-7H,8-9,17H2. The Balaban J connectivity index is 2.35. The van der Waals surface area contributed by atoms with E-state index in [-0.39, 0.29) is 22.8 Å². The topological polar surface area (TPSA) is 60.2 Å². The van der Waals surface area contributed by atoms with Crippen LogP contribution in [0.25, 0.3) is 0 Å². The van der Waals surface area contributed by atoms with Gasteiger partial charge in [-0.05, 0) is 35.9 Å². The first kappa shape index (κ1) is 15.2. The Labute approximate surface area is 125 Å². The molecule has 0 aliphatic rings. The van der Waals surface area contributed by atoms with Gasteiger partial charge in [0.2, 0.25) is 0 Å². The van der Waals surface area contributed by atoms with Gasteiger partial charge in [0.25, 0.3) is 0 Å². The Morgan fingerprint density at radius 3 is 2.35 bits per heavy atom. The minimum Gasteiger partial charge on any atom is -0.326 e. The smallest absolute Gasteiger partial charge is 0.182 e. The monoisotopic (exact) mass is 357 g/mol. The molecule has 3 nitrogen and oxygen atoms in total. The molecule has 0 heterocycles. The average molecular weight is 358 g/mol. The number of nitrogens with two attached hydrogens (primary N) is 1. The number of hydrogen-bond donors (Lipinski definition) is 1. The van der Waals surface area contributed by atoms with Gasteiger partial charge in [-0.15, -0.1) is 0 Å². The first-order chi connectivity index (χ1) is 9.42. The van der Waals surface area contributed by atoms with Crippen molar-refractivity contribution in [3.05, 3.63) is 63.9 Å². The summed E-state index contributed by atoms with van der Waals surface area (Å²) in [5, 5.41) is 0. The molecule has 0 fully saturated rings. The van der Waals surface area contributed by atoms with Gasteiger partial charge >= 0.3 is 0 Å². The van der Waals surface area contributed by atoms with E-state index in [2.05, 4.69) is 15.9 Å². The zero-order chi connectivity index (χ0) is 14.8. The van der Waals surface area contributed by atoms with Crippen LogP contribution >= 0.6 is 15.9 Å². The Morgan fingerprint density at radius 1 is 1.10 bits per heavy atom. The van der Waals surface area contributed by atoms with Crippen molar-refractivity contribution < 1.29 is 12.8 Å². The number of hydrogen-bond acceptors (Lipinski definition) is 3. The number of halogens is 2. The summed E-state index contributed by atoms with van der Waals surface area (Å²) in [4.78, 5) is 0.165. The Kier molecular flexibility index (Phi) is 4.57. The van der Waals surface area contributed by atoms with Crippen LogP contribution in [0.2, 0.25) is 0 Å². The van der Waals surface area contributed by atoms with E-state index in [9.17, 15) is 12.8 Å². The number of rotatable bonds is 4. The van der Waals surface area contributed by atoms with Gasteiger partial charge in [0, 0.05) is 16.6 Å². The van der Waals surface area contributed by atoms with Crippen LogP contribution in [0.15, 0.2) is 51.8 Å². The molecule has 6 heteroatoms. The molecular weight excluding hydrogens is 345 g/mol. The summed E-state index contributed by atoms with van der Waals surface area (Å²) in [5.41, 5.74) is 6.32. The van der Waals surface area contributed by atoms with Gasteiger partial charge in [0.05, 0.1) is 10.6 Å². The van der Waals surface area contributed by atoms with E-state index in [0.717, 1.165) is 4.47 Å². The summed E-state index contributed by atoms with van der Waals surface area (Å²) < 4.78 is 39.0. The van der Waals surface area contributed by atoms with E-state index in [4.69, 9.17) is 5.73 Å². The molecule has 0 saturated heterocycles. The molecule has 0 spiro atoms. The maximum atomic E-state index is 13.7. The molecule has 0 amide bonds. The fourth-order valence-corrected chi connectivity index (χ4v) is 3.41.